The monoisotopic (exact) mass is 483 g/mol. The number of amides is 2. The molecule has 0 aromatic heterocycles. The molecule has 0 aliphatic heterocycles. The molecule has 1 N–H and O–H groups in total. The highest BCUT2D eigenvalue weighted by molar-refractivity contribution is 9.10. The first-order chi connectivity index (χ1) is 12.2. The first-order valence-electron chi connectivity index (χ1n) is 7.44. The lowest BCUT2D eigenvalue weighted by Crippen LogP contribution is -2.35. The van der Waals surface area contributed by atoms with Gasteiger partial charge in [-0.15, -0.1) is 0 Å². The fourth-order valence-electron chi connectivity index (χ4n) is 2.25. The van der Waals surface area contributed by atoms with Crippen LogP contribution in [0.1, 0.15) is 15.9 Å². The molecule has 0 aliphatic rings. The van der Waals surface area contributed by atoms with Crippen LogP contribution in [0.25, 0.3) is 0 Å². The number of likely N-dealkylation sites (N-methyl/N-ethyl adjacent to an activating group) is 1. The standard InChI is InChI=1S/C17H15Br2N3O4/c1-10-7-12(18)4-6-14(10)20-16(23)9-21(2)17(24)11-3-5-13(19)15(8-11)22(25)26/h3-8H,9H2,1-2H3,(H,20,23). The number of halogens is 2. The van der Waals surface area contributed by atoms with Crippen LogP contribution in [0, 0.1) is 17.0 Å². The molecule has 0 fully saturated rings. The van der Waals surface area contributed by atoms with Crippen molar-refractivity contribution in [2.75, 3.05) is 18.9 Å². The summed E-state index contributed by atoms with van der Waals surface area (Å²) in [5.41, 5.74) is 1.46. The number of nitrogens with one attached hydrogen (secondary N) is 1. The Labute approximate surface area is 166 Å². The minimum Gasteiger partial charge on any atom is -0.332 e. The Morgan fingerprint density at radius 1 is 1.19 bits per heavy atom. The van der Waals surface area contributed by atoms with E-state index in [-0.39, 0.29) is 28.2 Å². The van der Waals surface area contributed by atoms with Crippen molar-refractivity contribution in [3.05, 3.63) is 66.6 Å². The van der Waals surface area contributed by atoms with E-state index >= 15 is 0 Å². The predicted molar refractivity (Wildman–Crippen MR) is 105 cm³/mol. The highest BCUT2D eigenvalue weighted by Crippen LogP contribution is 2.26. The lowest BCUT2D eigenvalue weighted by atomic mass is 10.1. The Kier molecular flexibility index (Phi) is 6.49. The number of hydrogen-bond donors (Lipinski definition) is 1. The lowest BCUT2D eigenvalue weighted by molar-refractivity contribution is -0.385. The maximum atomic E-state index is 12.4. The summed E-state index contributed by atoms with van der Waals surface area (Å²) in [5.74, 6) is -0.846. The molecule has 2 rings (SSSR count). The fraction of sp³-hybridized carbons (Fsp3) is 0.176. The van der Waals surface area contributed by atoms with E-state index in [2.05, 4.69) is 37.2 Å². The van der Waals surface area contributed by atoms with Crippen molar-refractivity contribution in [1.82, 2.24) is 4.90 Å². The first-order valence-corrected chi connectivity index (χ1v) is 9.03. The van der Waals surface area contributed by atoms with Crippen LogP contribution in [-0.4, -0.2) is 35.2 Å². The van der Waals surface area contributed by atoms with Crippen molar-refractivity contribution in [1.29, 1.82) is 0 Å². The zero-order valence-electron chi connectivity index (χ0n) is 14.0. The summed E-state index contributed by atoms with van der Waals surface area (Å²) in [5, 5.41) is 13.7. The summed E-state index contributed by atoms with van der Waals surface area (Å²) in [6.07, 6.45) is 0. The van der Waals surface area contributed by atoms with Crippen LogP contribution in [0.3, 0.4) is 0 Å². The van der Waals surface area contributed by atoms with Crippen molar-refractivity contribution >= 4 is 55.0 Å². The Bertz CT molecular complexity index is 886. The number of aryl methyl sites for hydroxylation is 1. The molecule has 0 bridgehead atoms. The van der Waals surface area contributed by atoms with Gasteiger partial charge in [0.05, 0.1) is 15.9 Å². The van der Waals surface area contributed by atoms with Gasteiger partial charge in [0.2, 0.25) is 5.91 Å². The first kappa shape index (κ1) is 20.1. The zero-order valence-corrected chi connectivity index (χ0v) is 17.1. The van der Waals surface area contributed by atoms with Crippen molar-refractivity contribution in [2.45, 2.75) is 6.92 Å². The number of carbonyl (C=O) groups excluding carboxylic acids is 2. The van der Waals surface area contributed by atoms with E-state index in [1.54, 1.807) is 12.1 Å². The van der Waals surface area contributed by atoms with Gasteiger partial charge in [-0.1, -0.05) is 15.9 Å². The van der Waals surface area contributed by atoms with E-state index in [9.17, 15) is 19.7 Å². The highest BCUT2D eigenvalue weighted by Gasteiger charge is 2.20. The highest BCUT2D eigenvalue weighted by atomic mass is 79.9. The smallest absolute Gasteiger partial charge is 0.284 e. The Hall–Kier alpha value is -2.26. The SMILES string of the molecule is Cc1cc(Br)ccc1NC(=O)CN(C)C(=O)c1ccc(Br)c([N+](=O)[O-])c1. The quantitative estimate of drug-likeness (QED) is 0.509. The molecule has 0 aliphatic carbocycles. The minimum atomic E-state index is -0.579. The van der Waals surface area contributed by atoms with E-state index in [0.717, 1.165) is 10.0 Å². The second-order valence-corrected chi connectivity index (χ2v) is 7.36. The number of nitro groups is 1. The summed E-state index contributed by atoms with van der Waals surface area (Å²) in [4.78, 5) is 36.2. The number of benzene rings is 2. The number of nitro benzene ring substituents is 1. The number of rotatable bonds is 5. The molecule has 0 atom stereocenters. The van der Waals surface area contributed by atoms with Crippen molar-refractivity contribution in [3.8, 4) is 0 Å². The van der Waals surface area contributed by atoms with Crippen LogP contribution >= 0.6 is 31.9 Å². The summed E-state index contributed by atoms with van der Waals surface area (Å²) in [6, 6.07) is 9.51. The molecule has 0 radical (unpaired) electrons. The van der Waals surface area contributed by atoms with Gasteiger partial charge >= 0.3 is 0 Å². The van der Waals surface area contributed by atoms with Crippen LogP contribution < -0.4 is 5.32 Å². The van der Waals surface area contributed by atoms with Crippen LogP contribution in [0.15, 0.2) is 45.3 Å². The average Bonchev–Trinajstić information content (AvgIpc) is 2.56. The topological polar surface area (TPSA) is 92.6 Å². The van der Waals surface area contributed by atoms with E-state index in [0.29, 0.717) is 5.69 Å². The molecule has 0 saturated carbocycles. The minimum absolute atomic E-state index is 0.134. The van der Waals surface area contributed by atoms with Crippen molar-refractivity contribution < 1.29 is 14.5 Å². The number of nitrogens with zero attached hydrogens (tertiary/aromatic N) is 2. The van der Waals surface area contributed by atoms with E-state index in [1.165, 1.54) is 30.1 Å². The molecule has 136 valence electrons. The molecule has 0 spiro atoms. The molecule has 7 nitrogen and oxygen atoms in total. The molecule has 9 heteroatoms. The molecule has 0 saturated heterocycles. The van der Waals surface area contributed by atoms with E-state index < -0.39 is 10.8 Å². The molecule has 0 unspecified atom stereocenters. The molecule has 26 heavy (non-hydrogen) atoms. The molecular formula is C17H15Br2N3O4. The normalized spacial score (nSPS) is 10.3. The zero-order chi connectivity index (χ0) is 19.4. The lowest BCUT2D eigenvalue weighted by Gasteiger charge is -2.17. The maximum Gasteiger partial charge on any atom is 0.284 e. The predicted octanol–water partition coefficient (Wildman–Crippen LogP) is 4.14. The van der Waals surface area contributed by atoms with Crippen LogP contribution in [-0.2, 0) is 4.79 Å². The molecule has 2 amide bonds. The van der Waals surface area contributed by atoms with Gasteiger partial charge in [0.1, 0.15) is 0 Å². The summed E-state index contributed by atoms with van der Waals surface area (Å²) in [6.45, 7) is 1.67. The fourth-order valence-corrected chi connectivity index (χ4v) is 3.12. The van der Waals surface area contributed by atoms with Gasteiger partial charge in [-0.25, -0.2) is 0 Å². The van der Waals surface area contributed by atoms with Crippen molar-refractivity contribution in [3.63, 3.8) is 0 Å². The van der Waals surface area contributed by atoms with Gasteiger partial charge in [0.15, 0.2) is 0 Å². The molecule has 0 heterocycles. The molecule has 2 aromatic rings. The van der Waals surface area contributed by atoms with Crippen molar-refractivity contribution in [2.24, 2.45) is 0 Å². The van der Waals surface area contributed by atoms with Crippen LogP contribution in [0.2, 0.25) is 0 Å². The maximum absolute atomic E-state index is 12.4. The summed E-state index contributed by atoms with van der Waals surface area (Å²) < 4.78 is 1.18. The Balaban J connectivity index is 2.08. The average molecular weight is 485 g/mol. The van der Waals surface area contributed by atoms with E-state index in [4.69, 9.17) is 0 Å². The Morgan fingerprint density at radius 3 is 2.50 bits per heavy atom. The van der Waals surface area contributed by atoms with Gasteiger partial charge < -0.3 is 10.2 Å². The van der Waals surface area contributed by atoms with Crippen LogP contribution in [0.5, 0.6) is 0 Å². The van der Waals surface area contributed by atoms with Gasteiger partial charge in [0.25, 0.3) is 11.6 Å². The number of hydrogen-bond acceptors (Lipinski definition) is 4. The summed E-state index contributed by atoms with van der Waals surface area (Å²) in [7, 11) is 1.46. The molecular weight excluding hydrogens is 470 g/mol. The van der Waals surface area contributed by atoms with Gasteiger partial charge in [-0.3, -0.25) is 19.7 Å². The van der Waals surface area contributed by atoms with Gasteiger partial charge in [0, 0.05) is 28.8 Å². The third kappa shape index (κ3) is 4.89. The van der Waals surface area contributed by atoms with Gasteiger partial charge in [-0.05, 0) is 58.7 Å². The van der Waals surface area contributed by atoms with Gasteiger partial charge in [-0.2, -0.15) is 0 Å². The Morgan fingerprint density at radius 2 is 1.88 bits per heavy atom. The molecule has 2 aromatic carbocycles. The van der Waals surface area contributed by atoms with E-state index in [1.807, 2.05) is 13.0 Å². The largest absolute Gasteiger partial charge is 0.332 e. The number of anilines is 1. The van der Waals surface area contributed by atoms with Crippen LogP contribution in [0.4, 0.5) is 11.4 Å². The number of carbonyl (C=O) groups is 2. The third-order valence-corrected chi connectivity index (χ3v) is 4.74. The third-order valence-electron chi connectivity index (χ3n) is 3.58. The second-order valence-electron chi connectivity index (χ2n) is 5.59. The second kappa shape index (κ2) is 8.41. The summed E-state index contributed by atoms with van der Waals surface area (Å²) >= 11 is 6.42.